The first-order valence-electron chi connectivity index (χ1n) is 5.23. The molecule has 13 heavy (non-hydrogen) atoms. The van der Waals surface area contributed by atoms with Gasteiger partial charge in [-0.2, -0.15) is 0 Å². The zero-order valence-corrected chi connectivity index (χ0v) is 8.60. The molecular weight excluding hydrogens is 164 g/mol. The third kappa shape index (κ3) is 2.99. The van der Waals surface area contributed by atoms with Crippen LogP contribution in [0.15, 0.2) is 0 Å². The van der Waals surface area contributed by atoms with Gasteiger partial charge in [0.05, 0.1) is 5.92 Å². The molecule has 0 aromatic rings. The summed E-state index contributed by atoms with van der Waals surface area (Å²) in [6.07, 6.45) is 4.52. The molecule has 3 nitrogen and oxygen atoms in total. The van der Waals surface area contributed by atoms with Crippen molar-refractivity contribution in [3.05, 3.63) is 0 Å². The van der Waals surface area contributed by atoms with Crippen LogP contribution >= 0.6 is 0 Å². The van der Waals surface area contributed by atoms with Gasteiger partial charge >= 0.3 is 0 Å². The van der Waals surface area contributed by atoms with Crippen molar-refractivity contribution >= 4 is 5.91 Å². The number of hydrogen-bond donors (Lipinski definition) is 2. The minimum atomic E-state index is 0.144. The molecule has 1 amide bonds. The molecule has 0 spiro atoms. The topological polar surface area (TPSA) is 41.1 Å². The monoisotopic (exact) mass is 184 g/mol. The van der Waals surface area contributed by atoms with Crippen LogP contribution in [0.3, 0.4) is 0 Å². The lowest BCUT2D eigenvalue weighted by atomic mass is 9.92. The summed E-state index contributed by atoms with van der Waals surface area (Å²) in [5.74, 6) is 0.368. The summed E-state index contributed by atoms with van der Waals surface area (Å²) in [7, 11) is 1.89. The van der Waals surface area contributed by atoms with Gasteiger partial charge in [0.15, 0.2) is 0 Å². The Kier molecular flexibility index (Phi) is 4.22. The summed E-state index contributed by atoms with van der Waals surface area (Å²) < 4.78 is 0. The Morgan fingerprint density at radius 1 is 1.54 bits per heavy atom. The Labute approximate surface area is 80.3 Å². The van der Waals surface area contributed by atoms with Gasteiger partial charge in [-0.3, -0.25) is 4.79 Å². The van der Waals surface area contributed by atoms with Crippen molar-refractivity contribution in [2.24, 2.45) is 5.92 Å². The van der Waals surface area contributed by atoms with Gasteiger partial charge in [0, 0.05) is 12.6 Å². The van der Waals surface area contributed by atoms with Gasteiger partial charge in [0.2, 0.25) is 5.91 Å². The first kappa shape index (κ1) is 10.5. The quantitative estimate of drug-likeness (QED) is 0.666. The highest BCUT2D eigenvalue weighted by Gasteiger charge is 2.23. The summed E-state index contributed by atoms with van der Waals surface area (Å²) in [5.41, 5.74) is 0. The van der Waals surface area contributed by atoms with Crippen LogP contribution < -0.4 is 10.6 Å². The molecule has 2 N–H and O–H groups in total. The molecule has 1 saturated carbocycles. The van der Waals surface area contributed by atoms with E-state index in [1.54, 1.807) is 0 Å². The molecule has 0 aromatic carbocycles. The van der Waals surface area contributed by atoms with E-state index in [9.17, 15) is 4.79 Å². The molecule has 1 rings (SSSR count). The van der Waals surface area contributed by atoms with Crippen molar-refractivity contribution in [3.8, 4) is 0 Å². The first-order chi connectivity index (χ1) is 6.27. The predicted octanol–water partition coefficient (Wildman–Crippen LogP) is 0.901. The summed E-state index contributed by atoms with van der Waals surface area (Å²) in [6, 6.07) is 0.471. The lowest BCUT2D eigenvalue weighted by Crippen LogP contribution is -2.44. The SMILES string of the molecule is CCC(CNC)C(=O)NC1CCC1. The lowest BCUT2D eigenvalue weighted by Gasteiger charge is -2.28. The van der Waals surface area contributed by atoms with Crippen LogP contribution in [-0.4, -0.2) is 25.5 Å². The molecule has 1 unspecified atom stereocenters. The van der Waals surface area contributed by atoms with Crippen molar-refractivity contribution < 1.29 is 4.79 Å². The van der Waals surface area contributed by atoms with Crippen LogP contribution in [0.2, 0.25) is 0 Å². The molecule has 0 heterocycles. The fourth-order valence-corrected chi connectivity index (χ4v) is 1.54. The highest BCUT2D eigenvalue weighted by Crippen LogP contribution is 2.18. The van der Waals surface area contributed by atoms with Gasteiger partial charge in [-0.25, -0.2) is 0 Å². The second kappa shape index (κ2) is 5.22. The Hall–Kier alpha value is -0.570. The van der Waals surface area contributed by atoms with Crippen LogP contribution in [0.25, 0.3) is 0 Å². The highest BCUT2D eigenvalue weighted by molar-refractivity contribution is 5.79. The molecular formula is C10H20N2O. The van der Waals surface area contributed by atoms with Crippen molar-refractivity contribution in [1.82, 2.24) is 10.6 Å². The third-order valence-electron chi connectivity index (χ3n) is 2.77. The fourth-order valence-electron chi connectivity index (χ4n) is 1.54. The van der Waals surface area contributed by atoms with Gasteiger partial charge in [-0.15, -0.1) is 0 Å². The van der Waals surface area contributed by atoms with Crippen LogP contribution in [-0.2, 0) is 4.79 Å². The van der Waals surface area contributed by atoms with E-state index < -0.39 is 0 Å². The first-order valence-corrected chi connectivity index (χ1v) is 5.23. The molecule has 1 aliphatic rings. The van der Waals surface area contributed by atoms with Gasteiger partial charge in [0.25, 0.3) is 0 Å². The zero-order valence-electron chi connectivity index (χ0n) is 8.60. The summed E-state index contributed by atoms with van der Waals surface area (Å²) in [6.45, 7) is 2.84. The number of carbonyl (C=O) groups is 1. The number of carbonyl (C=O) groups excluding carboxylic acids is 1. The maximum absolute atomic E-state index is 11.6. The Balaban J connectivity index is 2.25. The average Bonchev–Trinajstić information content (AvgIpc) is 2.07. The van der Waals surface area contributed by atoms with E-state index in [0.29, 0.717) is 6.04 Å². The normalized spacial score (nSPS) is 19.2. The summed E-state index contributed by atoms with van der Waals surface area (Å²) in [5, 5.41) is 6.12. The Morgan fingerprint density at radius 2 is 2.23 bits per heavy atom. The number of hydrogen-bond acceptors (Lipinski definition) is 2. The Morgan fingerprint density at radius 3 is 2.62 bits per heavy atom. The van der Waals surface area contributed by atoms with E-state index in [2.05, 4.69) is 17.6 Å². The average molecular weight is 184 g/mol. The van der Waals surface area contributed by atoms with E-state index in [1.165, 1.54) is 19.3 Å². The molecule has 0 bridgehead atoms. The maximum Gasteiger partial charge on any atom is 0.224 e. The van der Waals surface area contributed by atoms with E-state index in [0.717, 1.165) is 13.0 Å². The highest BCUT2D eigenvalue weighted by atomic mass is 16.2. The summed E-state index contributed by atoms with van der Waals surface area (Å²) >= 11 is 0. The van der Waals surface area contributed by atoms with Crippen molar-refractivity contribution in [3.63, 3.8) is 0 Å². The van der Waals surface area contributed by atoms with Crippen molar-refractivity contribution in [1.29, 1.82) is 0 Å². The Bertz CT molecular complexity index is 166. The molecule has 0 aliphatic heterocycles. The molecule has 1 aliphatic carbocycles. The third-order valence-corrected chi connectivity index (χ3v) is 2.77. The maximum atomic E-state index is 11.6. The molecule has 1 atom stereocenters. The van der Waals surface area contributed by atoms with Crippen molar-refractivity contribution in [2.75, 3.05) is 13.6 Å². The standard InChI is InChI=1S/C10H20N2O/c1-3-8(7-11-2)10(13)12-9-5-4-6-9/h8-9,11H,3-7H2,1-2H3,(H,12,13). The smallest absolute Gasteiger partial charge is 0.224 e. The summed E-state index contributed by atoms with van der Waals surface area (Å²) in [4.78, 5) is 11.6. The molecule has 0 saturated heterocycles. The molecule has 1 fully saturated rings. The van der Waals surface area contributed by atoms with Gasteiger partial charge < -0.3 is 10.6 Å². The van der Waals surface area contributed by atoms with Crippen LogP contribution in [0.1, 0.15) is 32.6 Å². The second-order valence-electron chi connectivity index (χ2n) is 3.80. The van der Waals surface area contributed by atoms with E-state index in [4.69, 9.17) is 0 Å². The van der Waals surface area contributed by atoms with E-state index in [1.807, 2.05) is 7.05 Å². The predicted molar refractivity (Wildman–Crippen MR) is 53.5 cm³/mol. The fraction of sp³-hybridized carbons (Fsp3) is 0.900. The second-order valence-corrected chi connectivity index (χ2v) is 3.80. The molecule has 76 valence electrons. The minimum absolute atomic E-state index is 0.144. The van der Waals surface area contributed by atoms with Crippen molar-refractivity contribution in [2.45, 2.75) is 38.6 Å². The molecule has 0 radical (unpaired) electrons. The van der Waals surface area contributed by atoms with Gasteiger partial charge in [0.1, 0.15) is 0 Å². The zero-order chi connectivity index (χ0) is 9.68. The van der Waals surface area contributed by atoms with Crippen LogP contribution in [0, 0.1) is 5.92 Å². The number of rotatable bonds is 5. The van der Waals surface area contributed by atoms with Crippen LogP contribution in [0.5, 0.6) is 0 Å². The lowest BCUT2D eigenvalue weighted by molar-refractivity contribution is -0.126. The van der Waals surface area contributed by atoms with Gasteiger partial charge in [-0.05, 0) is 32.7 Å². The number of amides is 1. The minimum Gasteiger partial charge on any atom is -0.353 e. The largest absolute Gasteiger partial charge is 0.353 e. The molecule has 3 heteroatoms. The van der Waals surface area contributed by atoms with Crippen LogP contribution in [0.4, 0.5) is 0 Å². The molecule has 0 aromatic heterocycles. The van der Waals surface area contributed by atoms with E-state index in [-0.39, 0.29) is 11.8 Å². The van der Waals surface area contributed by atoms with E-state index >= 15 is 0 Å². The van der Waals surface area contributed by atoms with Gasteiger partial charge in [-0.1, -0.05) is 6.92 Å². The number of nitrogens with one attached hydrogen (secondary N) is 2.